The highest BCUT2D eigenvalue weighted by atomic mass is 16.5. The third-order valence-corrected chi connectivity index (χ3v) is 2.27. The van der Waals surface area contributed by atoms with Crippen molar-refractivity contribution in [3.63, 3.8) is 0 Å². The molecular formula is C8H11NO2. The van der Waals surface area contributed by atoms with Gasteiger partial charge in [0, 0.05) is 6.42 Å². The van der Waals surface area contributed by atoms with Crippen LogP contribution in [-0.4, -0.2) is 13.1 Å². The van der Waals surface area contributed by atoms with Crippen molar-refractivity contribution in [1.82, 2.24) is 0 Å². The van der Waals surface area contributed by atoms with Crippen LogP contribution in [0.1, 0.15) is 19.3 Å². The Morgan fingerprint density at radius 3 is 2.82 bits per heavy atom. The van der Waals surface area contributed by atoms with Gasteiger partial charge in [-0.3, -0.25) is 4.79 Å². The van der Waals surface area contributed by atoms with Gasteiger partial charge >= 0.3 is 5.97 Å². The van der Waals surface area contributed by atoms with Crippen molar-refractivity contribution >= 4 is 5.97 Å². The van der Waals surface area contributed by atoms with E-state index in [0.29, 0.717) is 6.42 Å². The zero-order chi connectivity index (χ0) is 8.27. The highest BCUT2D eigenvalue weighted by molar-refractivity contribution is 5.73. The average molecular weight is 153 g/mol. The molecule has 0 unspecified atom stereocenters. The van der Waals surface area contributed by atoms with Gasteiger partial charge in [-0.15, -0.1) is 0 Å². The van der Waals surface area contributed by atoms with Crippen molar-refractivity contribution in [2.45, 2.75) is 19.3 Å². The first kappa shape index (κ1) is 8.06. The Labute approximate surface area is 66.0 Å². The van der Waals surface area contributed by atoms with Crippen LogP contribution in [0.4, 0.5) is 0 Å². The number of carbonyl (C=O) groups excluding carboxylic acids is 1. The van der Waals surface area contributed by atoms with E-state index in [2.05, 4.69) is 10.8 Å². The van der Waals surface area contributed by atoms with E-state index in [1.54, 1.807) is 0 Å². The Morgan fingerprint density at radius 2 is 2.45 bits per heavy atom. The Bertz CT molecular complexity index is 195. The maximum Gasteiger partial charge on any atom is 0.308 e. The number of hydrogen-bond acceptors (Lipinski definition) is 3. The molecule has 0 amide bonds. The van der Waals surface area contributed by atoms with Crippen molar-refractivity contribution in [1.29, 1.82) is 5.26 Å². The molecule has 60 valence electrons. The second-order valence-electron chi connectivity index (χ2n) is 2.83. The van der Waals surface area contributed by atoms with Crippen LogP contribution in [-0.2, 0) is 9.53 Å². The molecule has 1 fully saturated rings. The largest absolute Gasteiger partial charge is 0.469 e. The average Bonchev–Trinajstić information content (AvgIpc) is 1.98. The quantitative estimate of drug-likeness (QED) is 0.558. The minimum absolute atomic E-state index is 0.000324. The predicted octanol–water partition coefficient (Wildman–Crippen LogP) is 1.10. The van der Waals surface area contributed by atoms with Gasteiger partial charge in [0.05, 0.1) is 19.1 Å². The SMILES string of the molecule is COC(=O)[C@H]1CC[C@@H]1CC#N. The highest BCUT2D eigenvalue weighted by Gasteiger charge is 2.36. The van der Waals surface area contributed by atoms with E-state index in [-0.39, 0.29) is 17.8 Å². The van der Waals surface area contributed by atoms with Crippen molar-refractivity contribution in [3.8, 4) is 6.07 Å². The normalized spacial score (nSPS) is 28.4. The number of nitriles is 1. The number of ether oxygens (including phenoxy) is 1. The van der Waals surface area contributed by atoms with Gasteiger partial charge in [0.1, 0.15) is 0 Å². The lowest BCUT2D eigenvalue weighted by Crippen LogP contribution is -2.33. The Hall–Kier alpha value is -1.04. The molecule has 0 bridgehead atoms. The maximum atomic E-state index is 10.9. The van der Waals surface area contributed by atoms with Gasteiger partial charge in [-0.1, -0.05) is 0 Å². The lowest BCUT2D eigenvalue weighted by molar-refractivity contribution is -0.151. The molecule has 0 spiro atoms. The Balaban J connectivity index is 2.38. The highest BCUT2D eigenvalue weighted by Crippen LogP contribution is 2.37. The molecule has 3 nitrogen and oxygen atoms in total. The lowest BCUT2D eigenvalue weighted by Gasteiger charge is -2.32. The molecule has 0 aromatic heterocycles. The third-order valence-electron chi connectivity index (χ3n) is 2.27. The first-order valence-electron chi connectivity index (χ1n) is 3.74. The summed E-state index contributed by atoms with van der Waals surface area (Å²) in [5.41, 5.74) is 0. The lowest BCUT2D eigenvalue weighted by atomic mass is 9.72. The summed E-state index contributed by atoms with van der Waals surface area (Å²) >= 11 is 0. The maximum absolute atomic E-state index is 10.9. The zero-order valence-electron chi connectivity index (χ0n) is 6.54. The van der Waals surface area contributed by atoms with Gasteiger partial charge in [0.15, 0.2) is 0 Å². The standard InChI is InChI=1S/C8H11NO2/c1-11-8(10)7-3-2-6(7)4-5-9/h6-7H,2-4H2,1H3/t6-,7+/m1/s1. The van der Waals surface area contributed by atoms with Crippen LogP contribution in [0, 0.1) is 23.2 Å². The van der Waals surface area contributed by atoms with E-state index >= 15 is 0 Å². The summed E-state index contributed by atoms with van der Waals surface area (Å²) < 4.78 is 4.58. The second-order valence-corrected chi connectivity index (χ2v) is 2.83. The van der Waals surface area contributed by atoms with Crippen LogP contribution < -0.4 is 0 Å². The van der Waals surface area contributed by atoms with Crippen molar-refractivity contribution in [2.75, 3.05) is 7.11 Å². The van der Waals surface area contributed by atoms with Gasteiger partial charge in [-0.05, 0) is 18.8 Å². The molecular weight excluding hydrogens is 142 g/mol. The number of carbonyl (C=O) groups is 1. The van der Waals surface area contributed by atoms with Crippen LogP contribution >= 0.6 is 0 Å². The fraction of sp³-hybridized carbons (Fsp3) is 0.750. The number of methoxy groups -OCH3 is 1. The molecule has 0 aromatic carbocycles. The zero-order valence-corrected chi connectivity index (χ0v) is 6.54. The molecule has 3 heteroatoms. The van der Waals surface area contributed by atoms with E-state index in [1.165, 1.54) is 7.11 Å². The van der Waals surface area contributed by atoms with Crippen LogP contribution in [0.5, 0.6) is 0 Å². The van der Waals surface area contributed by atoms with E-state index < -0.39 is 0 Å². The number of nitrogens with zero attached hydrogens (tertiary/aromatic N) is 1. The Morgan fingerprint density at radius 1 is 1.73 bits per heavy atom. The van der Waals surface area contributed by atoms with Crippen molar-refractivity contribution in [3.05, 3.63) is 0 Å². The van der Waals surface area contributed by atoms with E-state index in [4.69, 9.17) is 5.26 Å². The molecule has 0 saturated heterocycles. The minimum Gasteiger partial charge on any atom is -0.469 e. The summed E-state index contributed by atoms with van der Waals surface area (Å²) in [6.07, 6.45) is 2.37. The fourth-order valence-electron chi connectivity index (χ4n) is 1.39. The summed E-state index contributed by atoms with van der Waals surface area (Å²) in [6, 6.07) is 2.07. The summed E-state index contributed by atoms with van der Waals surface area (Å²) in [5, 5.41) is 8.37. The summed E-state index contributed by atoms with van der Waals surface area (Å²) in [4.78, 5) is 10.9. The molecule has 1 aliphatic carbocycles. The van der Waals surface area contributed by atoms with Gasteiger partial charge < -0.3 is 4.74 Å². The number of rotatable bonds is 2. The number of esters is 1. The van der Waals surface area contributed by atoms with E-state index in [1.807, 2.05) is 0 Å². The molecule has 1 saturated carbocycles. The molecule has 0 heterocycles. The molecule has 0 aromatic rings. The van der Waals surface area contributed by atoms with E-state index in [0.717, 1.165) is 12.8 Å². The molecule has 0 aliphatic heterocycles. The van der Waals surface area contributed by atoms with Gasteiger partial charge in [0.2, 0.25) is 0 Å². The third kappa shape index (κ3) is 1.51. The van der Waals surface area contributed by atoms with Crippen LogP contribution in [0.15, 0.2) is 0 Å². The van der Waals surface area contributed by atoms with Crippen molar-refractivity contribution in [2.24, 2.45) is 11.8 Å². The van der Waals surface area contributed by atoms with E-state index in [9.17, 15) is 4.79 Å². The molecule has 1 aliphatic rings. The monoisotopic (exact) mass is 153 g/mol. The first-order chi connectivity index (χ1) is 5.29. The molecule has 1 rings (SSSR count). The van der Waals surface area contributed by atoms with Gasteiger partial charge in [-0.25, -0.2) is 0 Å². The van der Waals surface area contributed by atoms with Gasteiger partial charge in [0.25, 0.3) is 0 Å². The number of hydrogen-bond donors (Lipinski definition) is 0. The Kier molecular flexibility index (Phi) is 2.48. The summed E-state index contributed by atoms with van der Waals surface area (Å²) in [6.45, 7) is 0. The first-order valence-corrected chi connectivity index (χ1v) is 3.74. The topological polar surface area (TPSA) is 50.1 Å². The summed E-state index contributed by atoms with van der Waals surface area (Å²) in [7, 11) is 1.39. The van der Waals surface area contributed by atoms with Crippen LogP contribution in [0.25, 0.3) is 0 Å². The minimum atomic E-state index is -0.156. The fourth-order valence-corrected chi connectivity index (χ4v) is 1.39. The second kappa shape index (κ2) is 3.38. The molecule has 2 atom stereocenters. The molecule has 0 N–H and O–H groups in total. The van der Waals surface area contributed by atoms with Crippen LogP contribution in [0.2, 0.25) is 0 Å². The summed E-state index contributed by atoms with van der Waals surface area (Å²) in [5.74, 6) is 0.101. The van der Waals surface area contributed by atoms with Crippen molar-refractivity contribution < 1.29 is 9.53 Å². The van der Waals surface area contributed by atoms with Gasteiger partial charge in [-0.2, -0.15) is 5.26 Å². The van der Waals surface area contributed by atoms with Crippen LogP contribution in [0.3, 0.4) is 0 Å². The molecule has 11 heavy (non-hydrogen) atoms. The predicted molar refractivity (Wildman–Crippen MR) is 38.5 cm³/mol. The smallest absolute Gasteiger partial charge is 0.308 e. The molecule has 0 radical (unpaired) electrons.